The normalized spacial score (nSPS) is 11.9. The zero-order valence-corrected chi connectivity index (χ0v) is 28.5. The first-order chi connectivity index (χ1) is 26.5. The molecule has 5 heterocycles. The van der Waals surface area contributed by atoms with Crippen molar-refractivity contribution in [3.8, 4) is 44.5 Å². The van der Waals surface area contributed by atoms with Crippen LogP contribution in [-0.2, 0) is 0 Å². The lowest BCUT2D eigenvalue weighted by Crippen LogP contribution is -2.10. The van der Waals surface area contributed by atoms with Crippen molar-refractivity contribution in [3.63, 3.8) is 0 Å². The monoisotopic (exact) mass is 704 g/mol. The fourth-order valence-corrected chi connectivity index (χ4v) is 7.37. The second-order valence-corrected chi connectivity index (χ2v) is 12.7. The molecular formula is C44H28N6O4. The molecule has 0 N–H and O–H groups in total. The summed E-state index contributed by atoms with van der Waals surface area (Å²) in [7, 11) is 0. The number of benzene rings is 4. The van der Waals surface area contributed by atoms with E-state index in [0.29, 0.717) is 89.4 Å². The molecule has 9 rings (SSSR count). The van der Waals surface area contributed by atoms with E-state index in [1.54, 1.807) is 24.3 Å². The predicted octanol–water partition coefficient (Wildman–Crippen LogP) is 10.3. The smallest absolute Gasteiger partial charge is 0.170 e. The first-order valence-electron chi connectivity index (χ1n) is 17.2. The van der Waals surface area contributed by atoms with Crippen LogP contribution in [0.25, 0.3) is 90.9 Å². The van der Waals surface area contributed by atoms with Crippen LogP contribution < -0.4 is 0 Å². The average Bonchev–Trinajstić information content (AvgIpc) is 4.03. The van der Waals surface area contributed by atoms with Crippen LogP contribution in [0.4, 0.5) is 0 Å². The van der Waals surface area contributed by atoms with Crippen LogP contribution >= 0.6 is 0 Å². The summed E-state index contributed by atoms with van der Waals surface area (Å²) >= 11 is 0. The van der Waals surface area contributed by atoms with Crippen molar-refractivity contribution in [3.05, 3.63) is 189 Å². The van der Waals surface area contributed by atoms with Crippen LogP contribution in [0.1, 0.15) is 22.8 Å². The van der Waals surface area contributed by atoms with Crippen molar-refractivity contribution in [2.45, 2.75) is 0 Å². The zero-order chi connectivity index (χ0) is 36.8. The number of aromatic nitrogens is 4. The van der Waals surface area contributed by atoms with Crippen molar-refractivity contribution >= 4 is 46.4 Å². The van der Waals surface area contributed by atoms with Gasteiger partial charge in [-0.15, -0.1) is 0 Å². The minimum Gasteiger partial charge on any atom is -0.248 e. The third-order valence-electron chi connectivity index (χ3n) is 9.62. The third kappa shape index (κ3) is 5.37. The van der Waals surface area contributed by atoms with E-state index in [-0.39, 0.29) is 0 Å². The molecule has 0 unspecified atom stereocenters. The molecule has 0 atom stereocenters. The van der Waals surface area contributed by atoms with E-state index in [2.05, 4.69) is 0 Å². The summed E-state index contributed by atoms with van der Waals surface area (Å²) in [5.74, 6) is 0. The van der Waals surface area contributed by atoms with Gasteiger partial charge in [0.2, 0.25) is 0 Å². The van der Waals surface area contributed by atoms with Gasteiger partial charge in [-0.1, -0.05) is 131 Å². The van der Waals surface area contributed by atoms with Crippen LogP contribution in [0.2, 0.25) is 0 Å². The van der Waals surface area contributed by atoms with Crippen LogP contribution in [0.3, 0.4) is 0 Å². The van der Waals surface area contributed by atoms with Crippen LogP contribution in [0, 0.1) is 20.2 Å². The van der Waals surface area contributed by atoms with Gasteiger partial charge < -0.3 is 0 Å². The summed E-state index contributed by atoms with van der Waals surface area (Å²) in [6.07, 6.45) is 7.24. The highest BCUT2D eigenvalue weighted by molar-refractivity contribution is 6.00. The van der Waals surface area contributed by atoms with Gasteiger partial charge in [0.15, 0.2) is 10.1 Å². The van der Waals surface area contributed by atoms with Gasteiger partial charge in [-0.25, -0.2) is 30.2 Å². The lowest BCUT2D eigenvalue weighted by atomic mass is 10.0. The Bertz CT molecular complexity index is 2490. The van der Waals surface area contributed by atoms with Gasteiger partial charge >= 0.3 is 0 Å². The Balaban J connectivity index is 1.59. The largest absolute Gasteiger partial charge is 0.248 e. The zero-order valence-electron chi connectivity index (χ0n) is 28.5. The van der Waals surface area contributed by atoms with Gasteiger partial charge in [-0.2, -0.15) is 0 Å². The molecule has 0 aliphatic carbocycles. The molecule has 0 saturated carbocycles. The summed E-state index contributed by atoms with van der Waals surface area (Å²) in [6.45, 7) is 0. The minimum atomic E-state index is -0.415. The molecule has 0 fully saturated rings. The van der Waals surface area contributed by atoms with Crippen LogP contribution in [-0.4, -0.2) is 29.4 Å². The summed E-state index contributed by atoms with van der Waals surface area (Å²) in [5, 5.41) is 25.8. The number of hydrogen-bond donors (Lipinski definition) is 0. The molecule has 8 bridgehead atoms. The molecule has 0 radical (unpaired) electrons. The van der Waals surface area contributed by atoms with Gasteiger partial charge in [0.25, 0.3) is 0 Å². The van der Waals surface area contributed by atoms with Gasteiger partial charge in [0.1, 0.15) is 22.1 Å². The highest BCUT2D eigenvalue weighted by atomic mass is 16.7. The Morgan fingerprint density at radius 3 is 0.778 bits per heavy atom. The lowest BCUT2D eigenvalue weighted by molar-refractivity contribution is -0.533. The van der Waals surface area contributed by atoms with E-state index in [4.69, 9.17) is 9.97 Å². The molecular weight excluding hydrogens is 677 g/mol. The van der Waals surface area contributed by atoms with E-state index >= 15 is 0 Å². The second-order valence-electron chi connectivity index (χ2n) is 12.7. The van der Waals surface area contributed by atoms with Gasteiger partial charge in [0.05, 0.1) is 22.8 Å². The fourth-order valence-electron chi connectivity index (χ4n) is 7.37. The Kier molecular flexibility index (Phi) is 7.82. The number of nitrogens with zero attached hydrogens (tertiary/aromatic N) is 6. The maximum Gasteiger partial charge on any atom is 0.170 e. The molecule has 2 aliphatic heterocycles. The SMILES string of the molecule is O=[N+]([O-])n1c2ccc1c(-c1ccccc1)c1nc(c(-c3ccccc3)c3ccc(c(-c4ccccc4)c4nc(c2-c2ccccc2)C=C4)n3[N+](=O)[O-])C=C1. The van der Waals surface area contributed by atoms with Crippen molar-refractivity contribution in [1.29, 1.82) is 0 Å². The number of nitro groups is 2. The molecule has 0 amide bonds. The molecule has 10 heteroatoms. The maximum atomic E-state index is 13.3. The Morgan fingerprint density at radius 2 is 0.574 bits per heavy atom. The maximum absolute atomic E-state index is 13.3. The molecule has 7 aromatic rings. The first kappa shape index (κ1) is 32.2. The van der Waals surface area contributed by atoms with Crippen molar-refractivity contribution in [2.75, 3.05) is 0 Å². The molecule has 54 heavy (non-hydrogen) atoms. The van der Waals surface area contributed by atoms with Gasteiger partial charge in [-0.3, -0.25) is 0 Å². The Labute approximate surface area is 308 Å². The number of rotatable bonds is 6. The standard InChI is InChI=1S/C44H28N6O4/c51-49(52)47-37-25-26-38(47)43(31-17-9-3-10-18-31)35-23-24-36(46-35)44(32-19-11-4-12-20-32)40-28-27-39(48(40)50(53)54)42(30-15-7-2-8-16-30)34-22-21-33(45-34)41(37)29-13-5-1-6-14-29/h1-28H. The molecule has 4 aromatic carbocycles. The van der Waals surface area contributed by atoms with Crippen molar-refractivity contribution < 1.29 is 10.1 Å². The first-order valence-corrected chi connectivity index (χ1v) is 17.2. The average molecular weight is 705 g/mol. The van der Waals surface area contributed by atoms with Crippen molar-refractivity contribution in [1.82, 2.24) is 19.3 Å². The van der Waals surface area contributed by atoms with E-state index in [9.17, 15) is 20.2 Å². The van der Waals surface area contributed by atoms with Crippen LogP contribution in [0.15, 0.2) is 146 Å². The molecule has 0 saturated heterocycles. The predicted molar refractivity (Wildman–Crippen MR) is 213 cm³/mol. The Hall–Kier alpha value is -7.72. The van der Waals surface area contributed by atoms with Crippen LogP contribution in [0.5, 0.6) is 0 Å². The van der Waals surface area contributed by atoms with E-state index < -0.39 is 10.1 Å². The quantitative estimate of drug-likeness (QED) is 0.125. The summed E-state index contributed by atoms with van der Waals surface area (Å²) in [6, 6.07) is 44.6. The number of fused-ring (bicyclic) bond motifs is 8. The second kappa shape index (κ2) is 13.1. The molecule has 10 nitrogen and oxygen atoms in total. The summed E-state index contributed by atoms with van der Waals surface area (Å²) < 4.78 is 2.21. The van der Waals surface area contributed by atoms with Crippen molar-refractivity contribution in [2.24, 2.45) is 0 Å². The van der Waals surface area contributed by atoms with Gasteiger partial charge in [0, 0.05) is 22.3 Å². The van der Waals surface area contributed by atoms with E-state index in [1.807, 2.05) is 146 Å². The fraction of sp³-hybridized carbons (Fsp3) is 0. The van der Waals surface area contributed by atoms with Gasteiger partial charge in [-0.05, 0) is 70.8 Å². The van der Waals surface area contributed by atoms with E-state index in [1.165, 1.54) is 0 Å². The minimum absolute atomic E-state index is 0.312. The van der Waals surface area contributed by atoms with E-state index in [0.717, 1.165) is 9.35 Å². The molecule has 0 spiro atoms. The Morgan fingerprint density at radius 1 is 0.352 bits per heavy atom. The molecule has 258 valence electrons. The lowest BCUT2D eigenvalue weighted by Gasteiger charge is -2.09. The number of hydrogen-bond acceptors (Lipinski definition) is 6. The molecule has 3 aromatic heterocycles. The summed E-state index contributed by atoms with van der Waals surface area (Å²) in [4.78, 5) is 36.8. The molecule has 2 aliphatic rings. The third-order valence-corrected chi connectivity index (χ3v) is 9.62. The topological polar surface area (TPSA) is 122 Å². The highest BCUT2D eigenvalue weighted by Crippen LogP contribution is 2.40. The summed E-state index contributed by atoms with van der Waals surface area (Å²) in [5.41, 5.74) is 8.08. The highest BCUT2D eigenvalue weighted by Gasteiger charge is 2.26.